The number of carbonyl (C=O) groups excluding carboxylic acids is 4. The van der Waals surface area contributed by atoms with Crippen molar-refractivity contribution in [3.05, 3.63) is 35.6 Å². The third-order valence-electron chi connectivity index (χ3n) is 5.05. The van der Waals surface area contributed by atoms with Crippen LogP contribution < -0.4 is 0 Å². The summed E-state index contributed by atoms with van der Waals surface area (Å²) in [5.41, 5.74) is 0.513. The summed E-state index contributed by atoms with van der Waals surface area (Å²) >= 11 is 0. The molecule has 126 valence electrons. The van der Waals surface area contributed by atoms with Gasteiger partial charge in [-0.25, -0.2) is 4.39 Å². The normalized spacial score (nSPS) is 20.9. The van der Waals surface area contributed by atoms with E-state index in [1.54, 1.807) is 0 Å². The quantitative estimate of drug-likeness (QED) is 0.799. The number of rotatable bonds is 3. The molecule has 0 spiro atoms. The molecule has 4 nitrogen and oxygen atoms in total. The van der Waals surface area contributed by atoms with E-state index in [4.69, 9.17) is 0 Å². The van der Waals surface area contributed by atoms with Gasteiger partial charge in [-0.15, -0.1) is 0 Å². The van der Waals surface area contributed by atoms with Gasteiger partial charge >= 0.3 is 0 Å². The highest BCUT2D eigenvalue weighted by atomic mass is 19.1. The number of halogens is 1. The van der Waals surface area contributed by atoms with E-state index in [-0.39, 0.29) is 48.8 Å². The molecule has 3 rings (SSSR count). The van der Waals surface area contributed by atoms with Crippen molar-refractivity contribution < 1.29 is 23.6 Å². The zero-order chi connectivity index (χ0) is 17.3. The average molecular weight is 330 g/mol. The summed E-state index contributed by atoms with van der Waals surface area (Å²) in [6, 6.07) is 5.42. The Hall–Kier alpha value is -2.17. The molecular formula is C19H19FO4. The molecule has 2 aliphatic carbocycles. The van der Waals surface area contributed by atoms with Crippen molar-refractivity contribution in [2.45, 2.75) is 44.4 Å². The predicted molar refractivity (Wildman–Crippen MR) is 83.9 cm³/mol. The molecule has 2 fully saturated rings. The second kappa shape index (κ2) is 6.75. The standard InChI is InChI=1S/C19H19FO4/c20-12-9-7-11(8-10-12)17(18-13(21)3-1-4-14(18)22)19-15(23)5-2-6-16(19)24/h7-10,17-19H,1-6H2. The SMILES string of the molecule is O=C1CCCC(=O)C1C(c1ccc(F)cc1)C1C(=O)CCCC1=O. The lowest BCUT2D eigenvalue weighted by molar-refractivity contribution is -0.141. The molecule has 0 saturated heterocycles. The molecule has 0 aromatic heterocycles. The molecule has 0 radical (unpaired) electrons. The van der Waals surface area contributed by atoms with Crippen LogP contribution in [0.3, 0.4) is 0 Å². The first-order valence-electron chi connectivity index (χ1n) is 8.35. The summed E-state index contributed by atoms with van der Waals surface area (Å²) in [5, 5.41) is 0. The topological polar surface area (TPSA) is 68.3 Å². The molecular weight excluding hydrogens is 311 g/mol. The van der Waals surface area contributed by atoms with Crippen LogP contribution in [0, 0.1) is 17.7 Å². The second-order valence-corrected chi connectivity index (χ2v) is 6.61. The Morgan fingerprint density at radius 2 is 1.08 bits per heavy atom. The van der Waals surface area contributed by atoms with Crippen LogP contribution in [-0.4, -0.2) is 23.1 Å². The van der Waals surface area contributed by atoms with E-state index in [0.29, 0.717) is 18.4 Å². The lowest BCUT2D eigenvalue weighted by Gasteiger charge is -2.34. The molecule has 1 aromatic carbocycles. The third-order valence-corrected chi connectivity index (χ3v) is 5.05. The van der Waals surface area contributed by atoms with Crippen molar-refractivity contribution in [3.8, 4) is 0 Å². The molecule has 2 saturated carbocycles. The molecule has 0 unspecified atom stereocenters. The zero-order valence-electron chi connectivity index (χ0n) is 13.3. The van der Waals surface area contributed by atoms with E-state index in [9.17, 15) is 23.6 Å². The van der Waals surface area contributed by atoms with Gasteiger partial charge in [0.15, 0.2) is 0 Å². The highest BCUT2D eigenvalue weighted by Gasteiger charge is 2.47. The predicted octanol–water partition coefficient (Wildman–Crippen LogP) is 2.79. The van der Waals surface area contributed by atoms with Crippen LogP contribution in [0.1, 0.15) is 50.0 Å². The fourth-order valence-electron chi connectivity index (χ4n) is 3.92. The first-order chi connectivity index (χ1) is 11.5. The Morgan fingerprint density at radius 3 is 1.46 bits per heavy atom. The highest BCUT2D eigenvalue weighted by molar-refractivity contribution is 6.10. The summed E-state index contributed by atoms with van der Waals surface area (Å²) in [5.74, 6) is -4.05. The maximum absolute atomic E-state index is 13.3. The number of hydrogen-bond donors (Lipinski definition) is 0. The van der Waals surface area contributed by atoms with Crippen molar-refractivity contribution in [1.82, 2.24) is 0 Å². The molecule has 2 aliphatic rings. The third kappa shape index (κ3) is 3.07. The highest BCUT2D eigenvalue weighted by Crippen LogP contribution is 2.41. The van der Waals surface area contributed by atoms with Crippen LogP contribution in [0.4, 0.5) is 4.39 Å². The van der Waals surface area contributed by atoms with Gasteiger partial charge in [0.25, 0.3) is 0 Å². The minimum absolute atomic E-state index is 0.216. The molecule has 0 atom stereocenters. The Balaban J connectivity index is 2.07. The minimum Gasteiger partial charge on any atom is -0.299 e. The fourth-order valence-corrected chi connectivity index (χ4v) is 3.92. The number of hydrogen-bond acceptors (Lipinski definition) is 4. The van der Waals surface area contributed by atoms with Crippen LogP contribution in [0.2, 0.25) is 0 Å². The van der Waals surface area contributed by atoms with Crippen molar-refractivity contribution >= 4 is 23.1 Å². The van der Waals surface area contributed by atoms with Crippen molar-refractivity contribution in [2.75, 3.05) is 0 Å². The van der Waals surface area contributed by atoms with Gasteiger partial charge < -0.3 is 0 Å². The number of benzene rings is 1. The largest absolute Gasteiger partial charge is 0.299 e. The number of carbonyl (C=O) groups is 4. The van der Waals surface area contributed by atoms with E-state index in [0.717, 1.165) is 0 Å². The van der Waals surface area contributed by atoms with E-state index in [1.165, 1.54) is 24.3 Å². The Kier molecular flexibility index (Phi) is 4.69. The summed E-state index contributed by atoms with van der Waals surface area (Å²) in [6.45, 7) is 0. The second-order valence-electron chi connectivity index (χ2n) is 6.61. The summed E-state index contributed by atoms with van der Waals surface area (Å²) < 4.78 is 13.3. The van der Waals surface area contributed by atoms with Crippen LogP contribution >= 0.6 is 0 Å². The van der Waals surface area contributed by atoms with E-state index >= 15 is 0 Å². The van der Waals surface area contributed by atoms with E-state index < -0.39 is 23.6 Å². The Morgan fingerprint density at radius 1 is 0.708 bits per heavy atom. The van der Waals surface area contributed by atoms with Gasteiger partial charge in [-0.2, -0.15) is 0 Å². The number of Topliss-reactive ketones (excluding diaryl/α,β-unsaturated/α-hetero) is 4. The summed E-state index contributed by atoms with van der Waals surface area (Å²) in [6.07, 6.45) is 2.15. The van der Waals surface area contributed by atoms with Gasteiger partial charge in [0.05, 0.1) is 11.8 Å². The molecule has 0 bridgehead atoms. The van der Waals surface area contributed by atoms with Gasteiger partial charge in [0, 0.05) is 31.6 Å². The smallest absolute Gasteiger partial charge is 0.144 e. The van der Waals surface area contributed by atoms with Gasteiger partial charge in [-0.1, -0.05) is 12.1 Å². The summed E-state index contributed by atoms with van der Waals surface area (Å²) in [4.78, 5) is 49.7. The first kappa shape index (κ1) is 16.7. The fraction of sp³-hybridized carbons (Fsp3) is 0.474. The van der Waals surface area contributed by atoms with Gasteiger partial charge in [0.1, 0.15) is 29.0 Å². The zero-order valence-corrected chi connectivity index (χ0v) is 13.3. The molecule has 24 heavy (non-hydrogen) atoms. The van der Waals surface area contributed by atoms with E-state index in [1.807, 2.05) is 0 Å². The van der Waals surface area contributed by atoms with Crippen molar-refractivity contribution in [2.24, 2.45) is 11.8 Å². The monoisotopic (exact) mass is 330 g/mol. The van der Waals surface area contributed by atoms with Gasteiger partial charge in [0.2, 0.25) is 0 Å². The molecule has 1 aromatic rings. The molecule has 5 heteroatoms. The Labute approximate surface area is 139 Å². The van der Waals surface area contributed by atoms with Crippen LogP contribution in [0.15, 0.2) is 24.3 Å². The molecule has 0 amide bonds. The molecule has 0 heterocycles. The maximum Gasteiger partial charge on any atom is 0.144 e. The minimum atomic E-state index is -0.972. The van der Waals surface area contributed by atoms with Crippen LogP contribution in [0.5, 0.6) is 0 Å². The van der Waals surface area contributed by atoms with Crippen LogP contribution in [-0.2, 0) is 19.2 Å². The first-order valence-corrected chi connectivity index (χ1v) is 8.35. The van der Waals surface area contributed by atoms with E-state index in [2.05, 4.69) is 0 Å². The maximum atomic E-state index is 13.3. The van der Waals surface area contributed by atoms with Gasteiger partial charge in [-0.3, -0.25) is 19.2 Å². The lowest BCUT2D eigenvalue weighted by atomic mass is 9.65. The van der Waals surface area contributed by atoms with Gasteiger partial charge in [-0.05, 0) is 30.5 Å². The summed E-state index contributed by atoms with van der Waals surface area (Å²) in [7, 11) is 0. The van der Waals surface area contributed by atoms with Crippen LogP contribution in [0.25, 0.3) is 0 Å². The number of ketones is 4. The molecule has 0 N–H and O–H groups in total. The van der Waals surface area contributed by atoms with Crippen molar-refractivity contribution in [1.29, 1.82) is 0 Å². The Bertz CT molecular complexity index is 622. The molecule has 0 aliphatic heterocycles. The average Bonchev–Trinajstić information content (AvgIpc) is 2.54. The van der Waals surface area contributed by atoms with Crippen molar-refractivity contribution in [3.63, 3.8) is 0 Å². The lowest BCUT2D eigenvalue weighted by Crippen LogP contribution is -2.43.